The average Bonchev–Trinajstić information content (AvgIpc) is 3.48. The smallest absolute Gasteiger partial charge is 0.338 e. The summed E-state index contributed by atoms with van der Waals surface area (Å²) in [6.45, 7) is 0.956. The van der Waals surface area contributed by atoms with Gasteiger partial charge in [-0.05, 0) is 36.5 Å². The van der Waals surface area contributed by atoms with Gasteiger partial charge in [0.25, 0.3) is 0 Å². The first kappa shape index (κ1) is 18.2. The Labute approximate surface area is 163 Å². The first-order valence-corrected chi connectivity index (χ1v) is 9.29. The van der Waals surface area contributed by atoms with E-state index in [1.807, 2.05) is 30.3 Å². The molecule has 2 aromatic carbocycles. The third kappa shape index (κ3) is 3.76. The quantitative estimate of drug-likeness (QED) is 0.690. The molecule has 1 saturated carbocycles. The number of nitrogens with zero attached hydrogens (tertiary/aromatic N) is 2. The number of ether oxygens (including phenoxy) is 3. The summed E-state index contributed by atoms with van der Waals surface area (Å²) in [5, 5.41) is 0. The summed E-state index contributed by atoms with van der Waals surface area (Å²) in [6, 6.07) is 13.2. The van der Waals surface area contributed by atoms with Crippen molar-refractivity contribution in [3.8, 4) is 11.5 Å². The van der Waals surface area contributed by atoms with Crippen LogP contribution < -0.4 is 9.47 Å². The molecule has 0 spiro atoms. The molecule has 0 N–H and O–H groups in total. The lowest BCUT2D eigenvalue weighted by atomic mass is 10.1. The number of carbonyl (C=O) groups excluding carboxylic acids is 1. The molecule has 2 aromatic rings. The van der Waals surface area contributed by atoms with Gasteiger partial charge in [0.15, 0.2) is 17.3 Å². The van der Waals surface area contributed by atoms with E-state index in [0.29, 0.717) is 47.5 Å². The van der Waals surface area contributed by atoms with E-state index >= 15 is 0 Å². The van der Waals surface area contributed by atoms with Gasteiger partial charge in [-0.1, -0.05) is 30.3 Å². The van der Waals surface area contributed by atoms with Crippen LogP contribution in [0.3, 0.4) is 0 Å². The van der Waals surface area contributed by atoms with Crippen molar-refractivity contribution in [1.29, 1.82) is 0 Å². The average molecular weight is 378 g/mol. The first-order chi connectivity index (χ1) is 13.7. The predicted octanol–water partition coefficient (Wildman–Crippen LogP) is 3.67. The highest BCUT2D eigenvalue weighted by Gasteiger charge is 2.31. The van der Waals surface area contributed by atoms with Gasteiger partial charge in [-0.2, -0.15) is 0 Å². The third-order valence-electron chi connectivity index (χ3n) is 4.88. The van der Waals surface area contributed by atoms with Gasteiger partial charge in [0.05, 0.1) is 26.3 Å². The normalized spacial score (nSPS) is 15.6. The van der Waals surface area contributed by atoms with E-state index in [-0.39, 0.29) is 0 Å². The lowest BCUT2D eigenvalue weighted by Gasteiger charge is -2.15. The van der Waals surface area contributed by atoms with Crippen LogP contribution in [0.2, 0.25) is 0 Å². The Bertz CT molecular complexity index is 947. The number of aliphatic imine (C=N–C) groups is 2. The van der Waals surface area contributed by atoms with Crippen molar-refractivity contribution in [2.75, 3.05) is 20.8 Å². The second kappa shape index (κ2) is 7.84. The Kier molecular flexibility index (Phi) is 5.10. The molecule has 4 rings (SSSR count). The molecule has 0 radical (unpaired) electrons. The Balaban J connectivity index is 1.67. The van der Waals surface area contributed by atoms with Gasteiger partial charge in [0.2, 0.25) is 0 Å². The zero-order chi connectivity index (χ0) is 19.5. The summed E-state index contributed by atoms with van der Waals surface area (Å²) in [7, 11) is 2.93. The number of rotatable bonds is 7. The van der Waals surface area contributed by atoms with E-state index in [0.717, 1.165) is 11.3 Å². The number of benzene rings is 2. The molecule has 144 valence electrons. The fourth-order valence-electron chi connectivity index (χ4n) is 3.18. The molecule has 1 heterocycles. The van der Waals surface area contributed by atoms with Gasteiger partial charge in [-0.3, -0.25) is 4.99 Å². The number of amidine groups is 1. The fraction of sp³-hybridized carbons (Fsp3) is 0.318. The molecule has 0 aromatic heterocycles. The highest BCUT2D eigenvalue weighted by Crippen LogP contribution is 2.35. The number of methoxy groups -OCH3 is 2. The maximum Gasteiger partial charge on any atom is 0.338 e. The zero-order valence-electron chi connectivity index (χ0n) is 16.0. The van der Waals surface area contributed by atoms with Crippen molar-refractivity contribution >= 4 is 17.5 Å². The number of hydrogen-bond donors (Lipinski definition) is 0. The summed E-state index contributed by atoms with van der Waals surface area (Å²) in [5.41, 5.74) is 3.08. The van der Waals surface area contributed by atoms with E-state index in [1.54, 1.807) is 19.2 Å². The lowest BCUT2D eigenvalue weighted by Crippen LogP contribution is -2.11. The maximum absolute atomic E-state index is 12.4. The molecule has 0 unspecified atom stereocenters. The molecule has 0 atom stereocenters. The minimum Gasteiger partial charge on any atom is -0.493 e. The topological polar surface area (TPSA) is 69.5 Å². The monoisotopic (exact) mass is 378 g/mol. The SMILES string of the molecule is COC(=O)c1cc(OCc2ccccc2)c(OC)cc1C1=NCC(C2CC2)=N1. The van der Waals surface area contributed by atoms with E-state index in [2.05, 4.69) is 9.98 Å². The molecular weight excluding hydrogens is 356 g/mol. The van der Waals surface area contributed by atoms with Crippen LogP contribution in [0.25, 0.3) is 0 Å². The summed E-state index contributed by atoms with van der Waals surface area (Å²) in [6.07, 6.45) is 2.34. The van der Waals surface area contributed by atoms with Crippen LogP contribution in [-0.2, 0) is 11.3 Å². The van der Waals surface area contributed by atoms with E-state index < -0.39 is 5.97 Å². The molecule has 6 heteroatoms. The summed E-state index contributed by atoms with van der Waals surface area (Å²) in [4.78, 5) is 21.6. The second-order valence-electron chi connectivity index (χ2n) is 6.83. The van der Waals surface area contributed by atoms with Gasteiger partial charge < -0.3 is 14.2 Å². The highest BCUT2D eigenvalue weighted by molar-refractivity contribution is 6.16. The minimum absolute atomic E-state index is 0.363. The summed E-state index contributed by atoms with van der Waals surface area (Å²) < 4.78 is 16.4. The van der Waals surface area contributed by atoms with Gasteiger partial charge in [0.1, 0.15) is 6.61 Å². The van der Waals surface area contributed by atoms with Crippen molar-refractivity contribution in [3.63, 3.8) is 0 Å². The van der Waals surface area contributed by atoms with Gasteiger partial charge in [0, 0.05) is 11.3 Å². The molecule has 0 bridgehead atoms. The van der Waals surface area contributed by atoms with Gasteiger partial charge in [-0.15, -0.1) is 0 Å². The molecule has 28 heavy (non-hydrogen) atoms. The zero-order valence-corrected chi connectivity index (χ0v) is 16.0. The van der Waals surface area contributed by atoms with Crippen LogP contribution in [0.15, 0.2) is 52.4 Å². The van der Waals surface area contributed by atoms with Crippen molar-refractivity contribution < 1.29 is 19.0 Å². The Morgan fingerprint density at radius 3 is 2.57 bits per heavy atom. The summed E-state index contributed by atoms with van der Waals surface area (Å²) >= 11 is 0. The predicted molar refractivity (Wildman–Crippen MR) is 107 cm³/mol. The fourth-order valence-corrected chi connectivity index (χ4v) is 3.18. The van der Waals surface area contributed by atoms with Crippen LogP contribution in [-0.4, -0.2) is 38.3 Å². The molecule has 0 amide bonds. The van der Waals surface area contributed by atoms with Crippen LogP contribution >= 0.6 is 0 Å². The van der Waals surface area contributed by atoms with Gasteiger partial charge >= 0.3 is 5.97 Å². The molecule has 2 aliphatic rings. The van der Waals surface area contributed by atoms with Crippen molar-refractivity contribution in [3.05, 3.63) is 59.2 Å². The molecule has 0 saturated heterocycles. The minimum atomic E-state index is -0.458. The van der Waals surface area contributed by atoms with Crippen molar-refractivity contribution in [2.45, 2.75) is 19.4 Å². The van der Waals surface area contributed by atoms with Gasteiger partial charge in [-0.25, -0.2) is 9.79 Å². The lowest BCUT2D eigenvalue weighted by molar-refractivity contribution is 0.0600. The Morgan fingerprint density at radius 2 is 1.89 bits per heavy atom. The molecule has 1 aliphatic carbocycles. The van der Waals surface area contributed by atoms with Crippen LogP contribution in [0, 0.1) is 5.92 Å². The number of hydrogen-bond acceptors (Lipinski definition) is 6. The molecular formula is C22H22N2O4. The number of carbonyl (C=O) groups is 1. The van der Waals surface area contributed by atoms with E-state index in [9.17, 15) is 4.79 Å². The van der Waals surface area contributed by atoms with Crippen LogP contribution in [0.4, 0.5) is 0 Å². The van der Waals surface area contributed by atoms with Crippen LogP contribution in [0.5, 0.6) is 11.5 Å². The molecule has 1 aliphatic heterocycles. The standard InChI is InChI=1S/C22H22N2O4/c1-26-19-10-16(21-23-12-18(24-21)15-8-9-15)17(22(25)27-2)11-20(19)28-13-14-6-4-3-5-7-14/h3-7,10-11,15H,8-9,12-13H2,1-2H3. The number of esters is 1. The molecule has 6 nitrogen and oxygen atoms in total. The third-order valence-corrected chi connectivity index (χ3v) is 4.88. The molecule has 1 fully saturated rings. The second-order valence-corrected chi connectivity index (χ2v) is 6.83. The van der Waals surface area contributed by atoms with Crippen LogP contribution in [0.1, 0.15) is 34.3 Å². The largest absolute Gasteiger partial charge is 0.493 e. The Hall–Kier alpha value is -3.15. The Morgan fingerprint density at radius 1 is 1.11 bits per heavy atom. The van der Waals surface area contributed by atoms with E-state index in [1.165, 1.54) is 20.0 Å². The van der Waals surface area contributed by atoms with Crippen molar-refractivity contribution in [1.82, 2.24) is 0 Å². The highest BCUT2D eigenvalue weighted by atomic mass is 16.5. The van der Waals surface area contributed by atoms with E-state index in [4.69, 9.17) is 14.2 Å². The first-order valence-electron chi connectivity index (χ1n) is 9.29. The summed E-state index contributed by atoms with van der Waals surface area (Å²) in [5.74, 6) is 1.63. The van der Waals surface area contributed by atoms with Crippen molar-refractivity contribution in [2.24, 2.45) is 15.9 Å². The maximum atomic E-state index is 12.4.